The Balaban J connectivity index is 0.000000956. The van der Waals surface area contributed by atoms with Crippen LogP contribution in [0, 0.1) is 6.92 Å². The van der Waals surface area contributed by atoms with Gasteiger partial charge in [-0.05, 0) is 13.0 Å². The number of nitrogen functional groups attached to an aromatic ring is 1. The molecule has 3 nitrogen and oxygen atoms in total. The number of nitrogens with zero attached hydrogens (tertiary/aromatic N) is 1. The Morgan fingerprint density at radius 2 is 1.80 bits per heavy atom. The standard InChI is InChI=1S/C12H13F3N2O.C2H6/c1-7-3-9-10(16)4-8(18-2)5-11(9)17(7)6-12(13,14)15;1-2/h3-5H,6,16H2,1-2H3;1-2H3. The first-order chi connectivity index (χ1) is 9.31. The van der Waals surface area contributed by atoms with Crippen molar-refractivity contribution in [1.82, 2.24) is 4.57 Å². The highest BCUT2D eigenvalue weighted by atomic mass is 19.4. The molecular formula is C14H19F3N2O. The number of alkyl halides is 3. The first-order valence-electron chi connectivity index (χ1n) is 6.32. The van der Waals surface area contributed by atoms with Crippen LogP contribution in [0.15, 0.2) is 18.2 Å². The Labute approximate surface area is 116 Å². The van der Waals surface area contributed by atoms with E-state index in [4.69, 9.17) is 10.5 Å². The van der Waals surface area contributed by atoms with Gasteiger partial charge in [0, 0.05) is 28.9 Å². The van der Waals surface area contributed by atoms with Crippen molar-refractivity contribution in [3.63, 3.8) is 0 Å². The predicted molar refractivity (Wildman–Crippen MR) is 75.0 cm³/mol. The Bertz CT molecular complexity index is 588. The monoisotopic (exact) mass is 288 g/mol. The zero-order valence-corrected chi connectivity index (χ0v) is 12.0. The normalized spacial score (nSPS) is 11.2. The number of methoxy groups -OCH3 is 1. The van der Waals surface area contributed by atoms with Crippen LogP contribution in [0.5, 0.6) is 5.75 Å². The number of nitrogens with two attached hydrogens (primary N) is 1. The Morgan fingerprint density at radius 3 is 2.30 bits per heavy atom. The van der Waals surface area contributed by atoms with Crippen LogP contribution in [0.2, 0.25) is 0 Å². The van der Waals surface area contributed by atoms with Gasteiger partial charge in [0.1, 0.15) is 12.3 Å². The van der Waals surface area contributed by atoms with Gasteiger partial charge in [-0.15, -0.1) is 0 Å². The van der Waals surface area contributed by atoms with Crippen LogP contribution < -0.4 is 10.5 Å². The van der Waals surface area contributed by atoms with Crippen molar-refractivity contribution in [3.8, 4) is 5.75 Å². The Morgan fingerprint density at radius 1 is 1.20 bits per heavy atom. The molecule has 2 N–H and O–H groups in total. The van der Waals surface area contributed by atoms with E-state index in [1.807, 2.05) is 13.8 Å². The van der Waals surface area contributed by atoms with Gasteiger partial charge < -0.3 is 15.0 Å². The fraction of sp³-hybridized carbons (Fsp3) is 0.429. The maximum atomic E-state index is 12.5. The number of halogens is 3. The second-order valence-corrected chi connectivity index (χ2v) is 4.14. The van der Waals surface area contributed by atoms with Gasteiger partial charge in [-0.2, -0.15) is 13.2 Å². The number of hydrogen-bond acceptors (Lipinski definition) is 2. The second kappa shape index (κ2) is 6.07. The largest absolute Gasteiger partial charge is 0.497 e. The van der Waals surface area contributed by atoms with Crippen LogP contribution in [-0.4, -0.2) is 17.9 Å². The minimum Gasteiger partial charge on any atom is -0.497 e. The summed E-state index contributed by atoms with van der Waals surface area (Å²) in [6.07, 6.45) is -4.27. The van der Waals surface area contributed by atoms with Crippen LogP contribution in [0.4, 0.5) is 18.9 Å². The number of anilines is 1. The van der Waals surface area contributed by atoms with Gasteiger partial charge in [0.2, 0.25) is 0 Å². The van der Waals surface area contributed by atoms with Crippen molar-refractivity contribution in [2.45, 2.75) is 33.5 Å². The van der Waals surface area contributed by atoms with Crippen LogP contribution in [0.3, 0.4) is 0 Å². The molecule has 6 heteroatoms. The van der Waals surface area contributed by atoms with Crippen molar-refractivity contribution < 1.29 is 17.9 Å². The number of ether oxygens (including phenoxy) is 1. The lowest BCUT2D eigenvalue weighted by Gasteiger charge is -2.12. The Kier molecular flexibility index (Phi) is 4.92. The highest BCUT2D eigenvalue weighted by Crippen LogP contribution is 2.32. The van der Waals surface area contributed by atoms with Crippen LogP contribution in [0.25, 0.3) is 10.9 Å². The molecule has 2 aromatic rings. The minimum atomic E-state index is -4.27. The number of benzene rings is 1. The molecule has 0 atom stereocenters. The summed E-state index contributed by atoms with van der Waals surface area (Å²) in [7, 11) is 1.45. The maximum Gasteiger partial charge on any atom is 0.406 e. The SMILES string of the molecule is CC.COc1cc(N)c2cc(C)n(CC(F)(F)F)c2c1. The molecule has 1 heterocycles. The second-order valence-electron chi connectivity index (χ2n) is 4.14. The number of rotatable bonds is 2. The molecule has 0 aliphatic carbocycles. The number of hydrogen-bond donors (Lipinski definition) is 1. The summed E-state index contributed by atoms with van der Waals surface area (Å²) in [5.74, 6) is 0.446. The van der Waals surface area contributed by atoms with E-state index in [9.17, 15) is 13.2 Å². The molecule has 0 radical (unpaired) electrons. The summed E-state index contributed by atoms with van der Waals surface area (Å²) in [6.45, 7) is 4.59. The van der Waals surface area contributed by atoms with Gasteiger partial charge in [-0.1, -0.05) is 13.8 Å². The highest BCUT2D eigenvalue weighted by molar-refractivity contribution is 5.93. The van der Waals surface area contributed by atoms with Crippen LogP contribution in [0.1, 0.15) is 19.5 Å². The van der Waals surface area contributed by atoms with Crippen molar-refractivity contribution in [2.75, 3.05) is 12.8 Å². The molecule has 0 spiro atoms. The molecule has 0 bridgehead atoms. The van der Waals surface area contributed by atoms with E-state index in [2.05, 4.69) is 0 Å². The fourth-order valence-corrected chi connectivity index (χ4v) is 2.00. The third-order valence-electron chi connectivity index (χ3n) is 2.81. The number of fused-ring (bicyclic) bond motifs is 1. The van der Waals surface area contributed by atoms with Crippen molar-refractivity contribution in [1.29, 1.82) is 0 Å². The van der Waals surface area contributed by atoms with Crippen LogP contribution >= 0.6 is 0 Å². The van der Waals surface area contributed by atoms with Gasteiger partial charge >= 0.3 is 6.18 Å². The van der Waals surface area contributed by atoms with Gasteiger partial charge in [0.05, 0.1) is 12.6 Å². The molecule has 2 rings (SSSR count). The highest BCUT2D eigenvalue weighted by Gasteiger charge is 2.29. The molecule has 0 saturated heterocycles. The average Bonchev–Trinajstić information content (AvgIpc) is 2.68. The molecule has 112 valence electrons. The van der Waals surface area contributed by atoms with Crippen molar-refractivity contribution in [2.24, 2.45) is 0 Å². The van der Waals surface area contributed by atoms with E-state index in [1.54, 1.807) is 25.1 Å². The lowest BCUT2D eigenvalue weighted by Crippen LogP contribution is -2.18. The summed E-state index contributed by atoms with van der Waals surface area (Å²) < 4.78 is 43.8. The van der Waals surface area contributed by atoms with E-state index < -0.39 is 12.7 Å². The third-order valence-corrected chi connectivity index (χ3v) is 2.81. The van der Waals surface area contributed by atoms with E-state index in [-0.39, 0.29) is 0 Å². The summed E-state index contributed by atoms with van der Waals surface area (Å²) in [6, 6.07) is 4.81. The van der Waals surface area contributed by atoms with E-state index in [1.165, 1.54) is 11.7 Å². The Hall–Kier alpha value is -1.85. The third kappa shape index (κ3) is 3.37. The summed E-state index contributed by atoms with van der Waals surface area (Å²) in [5.41, 5.74) is 7.16. The zero-order chi connectivity index (χ0) is 15.5. The maximum absolute atomic E-state index is 12.5. The summed E-state index contributed by atoms with van der Waals surface area (Å²) >= 11 is 0. The van der Waals surface area contributed by atoms with E-state index in [0.717, 1.165) is 0 Å². The van der Waals surface area contributed by atoms with E-state index >= 15 is 0 Å². The van der Waals surface area contributed by atoms with Gasteiger partial charge in [0.15, 0.2) is 0 Å². The average molecular weight is 288 g/mol. The molecule has 0 unspecified atom stereocenters. The molecule has 20 heavy (non-hydrogen) atoms. The zero-order valence-electron chi connectivity index (χ0n) is 12.0. The quantitative estimate of drug-likeness (QED) is 0.844. The van der Waals surface area contributed by atoms with Crippen molar-refractivity contribution in [3.05, 3.63) is 23.9 Å². The van der Waals surface area contributed by atoms with E-state index in [0.29, 0.717) is 28.0 Å². The molecule has 1 aromatic carbocycles. The molecule has 0 fully saturated rings. The summed E-state index contributed by atoms with van der Waals surface area (Å²) in [4.78, 5) is 0. The smallest absolute Gasteiger partial charge is 0.406 e. The lowest BCUT2D eigenvalue weighted by molar-refractivity contribution is -0.140. The molecule has 0 saturated carbocycles. The minimum absolute atomic E-state index is 0.411. The number of aromatic nitrogens is 1. The first-order valence-corrected chi connectivity index (χ1v) is 6.32. The van der Waals surface area contributed by atoms with Gasteiger partial charge in [-0.25, -0.2) is 0 Å². The molecule has 0 amide bonds. The molecular weight excluding hydrogens is 269 g/mol. The van der Waals surface area contributed by atoms with Gasteiger partial charge in [0.25, 0.3) is 0 Å². The number of aryl methyl sites for hydroxylation is 1. The van der Waals surface area contributed by atoms with Crippen LogP contribution in [-0.2, 0) is 6.54 Å². The predicted octanol–water partition coefficient (Wildman–Crippen LogP) is 4.13. The van der Waals surface area contributed by atoms with Crippen molar-refractivity contribution >= 4 is 16.6 Å². The topological polar surface area (TPSA) is 40.2 Å². The lowest BCUT2D eigenvalue weighted by atomic mass is 10.2. The molecule has 1 aromatic heterocycles. The first kappa shape index (κ1) is 16.2. The summed E-state index contributed by atoms with van der Waals surface area (Å²) in [5, 5.41) is 0.609. The molecule has 0 aliphatic rings. The molecule has 0 aliphatic heterocycles. The fourth-order valence-electron chi connectivity index (χ4n) is 2.00. The van der Waals surface area contributed by atoms with Gasteiger partial charge in [-0.3, -0.25) is 0 Å².